The Morgan fingerprint density at radius 1 is 0.667 bits per heavy atom. The summed E-state index contributed by atoms with van der Waals surface area (Å²) >= 11 is 0. The molecule has 0 radical (unpaired) electrons. The normalized spacial score (nSPS) is 9.50. The zero-order valence-electron chi connectivity index (χ0n) is 8.54. The van der Waals surface area contributed by atoms with E-state index in [4.69, 9.17) is 0 Å². The lowest BCUT2D eigenvalue weighted by Gasteiger charge is -2.11. The minimum absolute atomic E-state index is 0. The fourth-order valence-corrected chi connectivity index (χ4v) is 0.856. The molecule has 0 saturated carbocycles. The van der Waals surface area contributed by atoms with Crippen LogP contribution in [0.15, 0.2) is 0 Å². The molecule has 0 amide bonds. The molecule has 0 aliphatic rings. The maximum atomic E-state index is 2.23. The van der Waals surface area contributed by atoms with Crippen LogP contribution in [-0.4, -0.2) is 51.1 Å². The Kier molecular flexibility index (Phi) is 17.6. The second-order valence-corrected chi connectivity index (χ2v) is 3.31. The molecule has 0 fully saturated rings. The fourth-order valence-electron chi connectivity index (χ4n) is 0.856. The topological polar surface area (TPSA) is 6.48 Å². The molecule has 0 aliphatic carbocycles. The summed E-state index contributed by atoms with van der Waals surface area (Å²) in [5.41, 5.74) is 0. The third-order valence-corrected chi connectivity index (χ3v) is 1.46. The van der Waals surface area contributed by atoms with Gasteiger partial charge in [0.1, 0.15) is 0 Å². The molecule has 0 aliphatic heterocycles. The predicted molar refractivity (Wildman–Crippen MR) is 60.8 cm³/mol. The average molecular weight is 217 g/mol. The van der Waals surface area contributed by atoms with Gasteiger partial charge in [-0.15, -0.1) is 24.8 Å². The molecule has 2 nitrogen and oxygen atoms in total. The Hall–Kier alpha value is 0.500. The predicted octanol–water partition coefficient (Wildman–Crippen LogP) is 1.73. The van der Waals surface area contributed by atoms with Gasteiger partial charge >= 0.3 is 0 Å². The minimum atomic E-state index is 0. The second kappa shape index (κ2) is 11.5. The van der Waals surface area contributed by atoms with Crippen LogP contribution >= 0.6 is 24.8 Å². The Labute approximate surface area is 89.1 Å². The van der Waals surface area contributed by atoms with Crippen LogP contribution in [0.25, 0.3) is 0 Å². The average Bonchev–Trinajstić information content (AvgIpc) is 1.79. The van der Waals surface area contributed by atoms with E-state index in [1.165, 1.54) is 25.9 Å². The number of halogens is 2. The van der Waals surface area contributed by atoms with Crippen LogP contribution in [0, 0.1) is 0 Å². The highest BCUT2D eigenvalue weighted by atomic mass is 35.5. The van der Waals surface area contributed by atoms with E-state index in [1.807, 2.05) is 0 Å². The van der Waals surface area contributed by atoms with Crippen LogP contribution in [0.4, 0.5) is 0 Å². The SMILES string of the molecule is CN(C)CCCCN(C)C.Cl.Cl. The van der Waals surface area contributed by atoms with Gasteiger partial charge in [-0.2, -0.15) is 0 Å². The van der Waals surface area contributed by atoms with E-state index in [9.17, 15) is 0 Å². The number of unbranched alkanes of at least 4 members (excludes halogenated alkanes) is 1. The second-order valence-electron chi connectivity index (χ2n) is 3.31. The van der Waals surface area contributed by atoms with Crippen LogP contribution in [0.1, 0.15) is 12.8 Å². The fraction of sp³-hybridized carbons (Fsp3) is 1.00. The van der Waals surface area contributed by atoms with Crippen molar-refractivity contribution in [2.24, 2.45) is 0 Å². The van der Waals surface area contributed by atoms with Crippen LogP contribution < -0.4 is 0 Å². The van der Waals surface area contributed by atoms with E-state index >= 15 is 0 Å². The van der Waals surface area contributed by atoms with Gasteiger partial charge in [-0.3, -0.25) is 0 Å². The van der Waals surface area contributed by atoms with E-state index in [-0.39, 0.29) is 24.8 Å². The quantitative estimate of drug-likeness (QED) is 0.647. The van der Waals surface area contributed by atoms with Gasteiger partial charge in [0.15, 0.2) is 0 Å². The molecule has 12 heavy (non-hydrogen) atoms. The first kappa shape index (κ1) is 18.3. The molecule has 0 aromatic heterocycles. The molecule has 0 spiro atoms. The van der Waals surface area contributed by atoms with Crippen LogP contribution in [-0.2, 0) is 0 Å². The summed E-state index contributed by atoms with van der Waals surface area (Å²) in [5.74, 6) is 0. The zero-order chi connectivity index (χ0) is 7.98. The van der Waals surface area contributed by atoms with Crippen molar-refractivity contribution in [3.8, 4) is 0 Å². The van der Waals surface area contributed by atoms with Gasteiger partial charge in [0, 0.05) is 0 Å². The van der Waals surface area contributed by atoms with Crippen LogP contribution in [0.5, 0.6) is 0 Å². The molecule has 0 unspecified atom stereocenters. The Morgan fingerprint density at radius 3 is 1.08 bits per heavy atom. The standard InChI is InChI=1S/C8H20N2.2ClH/c1-9(2)7-5-6-8-10(3)4;;/h5-8H2,1-4H3;2*1H. The molecule has 0 saturated heterocycles. The lowest BCUT2D eigenvalue weighted by atomic mass is 10.3. The maximum absolute atomic E-state index is 2.23. The molecular formula is C8H22Cl2N2. The lowest BCUT2D eigenvalue weighted by molar-refractivity contribution is 0.354. The highest BCUT2D eigenvalue weighted by Crippen LogP contribution is 1.91. The molecule has 0 N–H and O–H groups in total. The zero-order valence-corrected chi connectivity index (χ0v) is 10.2. The van der Waals surface area contributed by atoms with Crippen LogP contribution in [0.3, 0.4) is 0 Å². The third-order valence-electron chi connectivity index (χ3n) is 1.46. The third kappa shape index (κ3) is 16.8. The van der Waals surface area contributed by atoms with E-state index in [1.54, 1.807) is 0 Å². The van der Waals surface area contributed by atoms with Gasteiger partial charge in [-0.25, -0.2) is 0 Å². The first-order valence-electron chi connectivity index (χ1n) is 3.92. The Morgan fingerprint density at radius 2 is 0.917 bits per heavy atom. The van der Waals surface area contributed by atoms with Crippen LogP contribution in [0.2, 0.25) is 0 Å². The van der Waals surface area contributed by atoms with Crippen molar-refractivity contribution in [3.05, 3.63) is 0 Å². The van der Waals surface area contributed by atoms with Gasteiger partial charge < -0.3 is 9.80 Å². The van der Waals surface area contributed by atoms with Crippen molar-refractivity contribution in [2.45, 2.75) is 12.8 Å². The van der Waals surface area contributed by atoms with Crippen molar-refractivity contribution in [1.82, 2.24) is 9.80 Å². The lowest BCUT2D eigenvalue weighted by Crippen LogP contribution is -2.17. The largest absolute Gasteiger partial charge is 0.309 e. The summed E-state index contributed by atoms with van der Waals surface area (Å²) in [4.78, 5) is 4.46. The summed E-state index contributed by atoms with van der Waals surface area (Å²) in [5, 5.41) is 0. The molecule has 0 rings (SSSR count). The molecule has 0 aromatic rings. The number of hydrogen-bond acceptors (Lipinski definition) is 2. The van der Waals surface area contributed by atoms with Gasteiger partial charge in [-0.05, 0) is 54.1 Å². The van der Waals surface area contributed by atoms with Crippen molar-refractivity contribution in [2.75, 3.05) is 41.3 Å². The smallest absolute Gasteiger partial charge is 0.00244 e. The molecule has 0 bridgehead atoms. The summed E-state index contributed by atoms with van der Waals surface area (Å²) < 4.78 is 0. The van der Waals surface area contributed by atoms with Crippen molar-refractivity contribution >= 4 is 24.8 Å². The van der Waals surface area contributed by atoms with E-state index in [0.717, 1.165) is 0 Å². The van der Waals surface area contributed by atoms with Gasteiger partial charge in [0.05, 0.1) is 0 Å². The van der Waals surface area contributed by atoms with Gasteiger partial charge in [0.2, 0.25) is 0 Å². The number of nitrogens with zero attached hydrogens (tertiary/aromatic N) is 2. The first-order valence-corrected chi connectivity index (χ1v) is 3.92. The first-order chi connectivity index (χ1) is 4.63. The van der Waals surface area contributed by atoms with E-state index in [0.29, 0.717) is 0 Å². The summed E-state index contributed by atoms with van der Waals surface area (Å²) in [7, 11) is 8.48. The molecule has 0 aromatic carbocycles. The van der Waals surface area contributed by atoms with Crippen molar-refractivity contribution in [3.63, 3.8) is 0 Å². The molecule has 78 valence electrons. The monoisotopic (exact) mass is 216 g/mol. The van der Waals surface area contributed by atoms with Crippen molar-refractivity contribution < 1.29 is 0 Å². The summed E-state index contributed by atoms with van der Waals surface area (Å²) in [6.07, 6.45) is 2.62. The minimum Gasteiger partial charge on any atom is -0.309 e. The Balaban J connectivity index is -0.000000405. The van der Waals surface area contributed by atoms with E-state index in [2.05, 4.69) is 38.0 Å². The molecular weight excluding hydrogens is 195 g/mol. The Bertz CT molecular complexity index is 67.5. The molecule has 0 atom stereocenters. The van der Waals surface area contributed by atoms with Crippen molar-refractivity contribution in [1.29, 1.82) is 0 Å². The number of hydrogen-bond donors (Lipinski definition) is 0. The van der Waals surface area contributed by atoms with Gasteiger partial charge in [-0.1, -0.05) is 0 Å². The van der Waals surface area contributed by atoms with Gasteiger partial charge in [0.25, 0.3) is 0 Å². The molecule has 4 heteroatoms. The van der Waals surface area contributed by atoms with E-state index < -0.39 is 0 Å². The summed E-state index contributed by atoms with van der Waals surface area (Å²) in [6.45, 7) is 2.43. The highest BCUT2D eigenvalue weighted by Gasteiger charge is 1.91. The summed E-state index contributed by atoms with van der Waals surface area (Å²) in [6, 6.07) is 0. The molecule has 0 heterocycles. The maximum Gasteiger partial charge on any atom is -0.00244 e. The highest BCUT2D eigenvalue weighted by molar-refractivity contribution is 5.85. The number of rotatable bonds is 5.